The minimum Gasteiger partial charge on any atom is -0.329 e. The predicted octanol–water partition coefficient (Wildman–Crippen LogP) is 0.763. The maximum absolute atomic E-state index is 5.66. The van der Waals surface area contributed by atoms with E-state index in [2.05, 4.69) is 44.8 Å². The Morgan fingerprint density at radius 2 is 1.41 bits per heavy atom. The molecule has 17 heavy (non-hydrogen) atoms. The SMILES string of the molecule is CC(C)(C)NCCC(C)(C)N(CCN)CCN. The lowest BCUT2D eigenvalue weighted by Crippen LogP contribution is -2.50. The molecule has 0 aliphatic carbocycles. The number of nitrogens with one attached hydrogen (secondary N) is 1. The molecule has 0 aliphatic heterocycles. The number of hydrogen-bond donors (Lipinski definition) is 3. The number of rotatable bonds is 8. The maximum Gasteiger partial charge on any atom is 0.0166 e. The smallest absolute Gasteiger partial charge is 0.0166 e. The van der Waals surface area contributed by atoms with Crippen LogP contribution in [0, 0.1) is 0 Å². The first kappa shape index (κ1) is 16.8. The van der Waals surface area contributed by atoms with Crippen molar-refractivity contribution in [3.63, 3.8) is 0 Å². The molecule has 0 bridgehead atoms. The molecule has 0 fully saturated rings. The van der Waals surface area contributed by atoms with Crippen LogP contribution in [0.4, 0.5) is 0 Å². The highest BCUT2D eigenvalue weighted by atomic mass is 15.2. The van der Waals surface area contributed by atoms with Gasteiger partial charge in [0.15, 0.2) is 0 Å². The maximum atomic E-state index is 5.66. The Balaban J connectivity index is 4.21. The number of nitrogens with zero attached hydrogens (tertiary/aromatic N) is 1. The summed E-state index contributed by atoms with van der Waals surface area (Å²) in [4.78, 5) is 2.39. The van der Waals surface area contributed by atoms with E-state index in [1.54, 1.807) is 0 Å². The van der Waals surface area contributed by atoms with Crippen molar-refractivity contribution in [3.05, 3.63) is 0 Å². The summed E-state index contributed by atoms with van der Waals surface area (Å²) >= 11 is 0. The van der Waals surface area contributed by atoms with Gasteiger partial charge in [-0.15, -0.1) is 0 Å². The molecule has 0 amide bonds. The van der Waals surface area contributed by atoms with Crippen molar-refractivity contribution in [2.45, 2.75) is 52.1 Å². The molecule has 4 nitrogen and oxygen atoms in total. The Labute approximate surface area is 107 Å². The molecule has 5 N–H and O–H groups in total. The highest BCUT2D eigenvalue weighted by Crippen LogP contribution is 2.17. The van der Waals surface area contributed by atoms with E-state index in [1.165, 1.54) is 0 Å². The van der Waals surface area contributed by atoms with Gasteiger partial charge >= 0.3 is 0 Å². The minimum absolute atomic E-state index is 0.150. The van der Waals surface area contributed by atoms with Crippen molar-refractivity contribution < 1.29 is 0 Å². The number of hydrogen-bond acceptors (Lipinski definition) is 4. The van der Waals surface area contributed by atoms with E-state index >= 15 is 0 Å². The lowest BCUT2D eigenvalue weighted by atomic mass is 9.97. The van der Waals surface area contributed by atoms with Gasteiger partial charge in [-0.05, 0) is 47.6 Å². The third kappa shape index (κ3) is 7.71. The summed E-state index contributed by atoms with van der Waals surface area (Å²) in [5.41, 5.74) is 11.6. The van der Waals surface area contributed by atoms with Gasteiger partial charge in [-0.3, -0.25) is 4.90 Å². The van der Waals surface area contributed by atoms with Crippen molar-refractivity contribution >= 4 is 0 Å². The van der Waals surface area contributed by atoms with Crippen LogP contribution in [0.2, 0.25) is 0 Å². The molecule has 0 aliphatic rings. The zero-order valence-electron chi connectivity index (χ0n) is 12.3. The van der Waals surface area contributed by atoms with Crippen LogP contribution in [0.25, 0.3) is 0 Å². The lowest BCUT2D eigenvalue weighted by Gasteiger charge is -2.39. The summed E-state index contributed by atoms with van der Waals surface area (Å²) < 4.78 is 0. The Kier molecular flexibility index (Phi) is 7.24. The summed E-state index contributed by atoms with van der Waals surface area (Å²) in [5.74, 6) is 0. The van der Waals surface area contributed by atoms with Gasteiger partial charge < -0.3 is 16.8 Å². The minimum atomic E-state index is 0.150. The molecule has 0 atom stereocenters. The third-order valence-corrected chi connectivity index (χ3v) is 3.05. The molecule has 104 valence electrons. The van der Waals surface area contributed by atoms with Gasteiger partial charge in [-0.1, -0.05) is 0 Å². The van der Waals surface area contributed by atoms with E-state index in [-0.39, 0.29) is 11.1 Å². The third-order valence-electron chi connectivity index (χ3n) is 3.05. The fraction of sp³-hybridized carbons (Fsp3) is 1.00. The average molecular weight is 244 g/mol. The van der Waals surface area contributed by atoms with Gasteiger partial charge in [-0.25, -0.2) is 0 Å². The van der Waals surface area contributed by atoms with Crippen LogP contribution < -0.4 is 16.8 Å². The molecule has 0 aromatic carbocycles. The zero-order valence-corrected chi connectivity index (χ0v) is 12.3. The predicted molar refractivity (Wildman–Crippen MR) is 76.1 cm³/mol. The molecule has 0 aromatic heterocycles. The monoisotopic (exact) mass is 244 g/mol. The molecule has 0 saturated heterocycles. The van der Waals surface area contributed by atoms with Crippen LogP contribution in [0.5, 0.6) is 0 Å². The first-order chi connectivity index (χ1) is 7.73. The highest BCUT2D eigenvalue weighted by Gasteiger charge is 2.25. The van der Waals surface area contributed by atoms with Crippen LogP contribution in [-0.4, -0.2) is 48.7 Å². The largest absolute Gasteiger partial charge is 0.329 e. The Hall–Kier alpha value is -0.160. The van der Waals surface area contributed by atoms with Crippen molar-refractivity contribution in [1.29, 1.82) is 0 Å². The van der Waals surface area contributed by atoms with E-state index in [9.17, 15) is 0 Å². The molecule has 0 radical (unpaired) electrons. The first-order valence-electron chi connectivity index (χ1n) is 6.63. The Morgan fingerprint density at radius 1 is 0.941 bits per heavy atom. The summed E-state index contributed by atoms with van der Waals surface area (Å²) in [6, 6.07) is 0. The number of nitrogens with two attached hydrogens (primary N) is 2. The molecule has 0 saturated carbocycles. The summed E-state index contributed by atoms with van der Waals surface area (Å²) in [5, 5.41) is 3.53. The van der Waals surface area contributed by atoms with E-state index in [0.717, 1.165) is 26.1 Å². The van der Waals surface area contributed by atoms with Crippen molar-refractivity contribution in [2.24, 2.45) is 11.5 Å². The normalized spacial score (nSPS) is 13.4. The van der Waals surface area contributed by atoms with Crippen molar-refractivity contribution in [3.8, 4) is 0 Å². The molecular formula is C13H32N4. The molecule has 0 heterocycles. The Morgan fingerprint density at radius 3 is 1.76 bits per heavy atom. The van der Waals surface area contributed by atoms with Gasteiger partial charge in [0.2, 0.25) is 0 Å². The fourth-order valence-electron chi connectivity index (χ4n) is 1.93. The molecule has 0 rings (SSSR count). The van der Waals surface area contributed by atoms with E-state index in [1.807, 2.05) is 0 Å². The second kappa shape index (κ2) is 7.31. The van der Waals surface area contributed by atoms with Gasteiger partial charge in [-0.2, -0.15) is 0 Å². The first-order valence-corrected chi connectivity index (χ1v) is 6.63. The average Bonchev–Trinajstić information content (AvgIpc) is 2.15. The van der Waals surface area contributed by atoms with E-state index < -0.39 is 0 Å². The van der Waals surface area contributed by atoms with Gasteiger partial charge in [0.1, 0.15) is 0 Å². The van der Waals surface area contributed by atoms with Gasteiger partial charge in [0.25, 0.3) is 0 Å². The van der Waals surface area contributed by atoms with E-state index in [4.69, 9.17) is 11.5 Å². The topological polar surface area (TPSA) is 67.3 Å². The van der Waals surface area contributed by atoms with Crippen LogP contribution in [-0.2, 0) is 0 Å². The van der Waals surface area contributed by atoms with Crippen LogP contribution in [0.15, 0.2) is 0 Å². The molecule has 0 unspecified atom stereocenters. The van der Waals surface area contributed by atoms with Crippen LogP contribution in [0.1, 0.15) is 41.0 Å². The van der Waals surface area contributed by atoms with Gasteiger partial charge in [0, 0.05) is 37.3 Å². The second-order valence-electron chi connectivity index (χ2n) is 6.30. The van der Waals surface area contributed by atoms with Crippen LogP contribution in [0.3, 0.4) is 0 Å². The summed E-state index contributed by atoms with van der Waals surface area (Å²) in [7, 11) is 0. The van der Waals surface area contributed by atoms with Crippen molar-refractivity contribution in [1.82, 2.24) is 10.2 Å². The lowest BCUT2D eigenvalue weighted by molar-refractivity contribution is 0.116. The van der Waals surface area contributed by atoms with E-state index in [0.29, 0.717) is 13.1 Å². The summed E-state index contributed by atoms with van der Waals surface area (Å²) in [6.07, 6.45) is 1.10. The summed E-state index contributed by atoms with van der Waals surface area (Å²) in [6.45, 7) is 15.3. The fourth-order valence-corrected chi connectivity index (χ4v) is 1.93. The standard InChI is InChI=1S/C13H32N4/c1-12(2,3)16-9-6-13(4,5)17(10-7-14)11-8-15/h16H,6-11,14-15H2,1-5H3. The highest BCUT2D eigenvalue weighted by molar-refractivity contribution is 4.84. The van der Waals surface area contributed by atoms with Gasteiger partial charge in [0.05, 0.1) is 0 Å². The zero-order chi connectivity index (χ0) is 13.5. The van der Waals surface area contributed by atoms with Crippen molar-refractivity contribution in [2.75, 3.05) is 32.7 Å². The quantitative estimate of drug-likeness (QED) is 0.590. The molecule has 0 aromatic rings. The molecule has 4 heteroatoms. The Bertz CT molecular complexity index is 190. The van der Waals surface area contributed by atoms with Crippen LogP contribution >= 0.6 is 0 Å². The second-order valence-corrected chi connectivity index (χ2v) is 6.30. The molecule has 0 spiro atoms. The molecular weight excluding hydrogens is 212 g/mol.